The third kappa shape index (κ3) is 3.05. The lowest BCUT2D eigenvalue weighted by Crippen LogP contribution is -2.36. The molecule has 0 aliphatic heterocycles. The number of nitrogens with zero attached hydrogens (tertiary/aromatic N) is 2. The smallest absolute Gasteiger partial charge is 0.185 e. The summed E-state index contributed by atoms with van der Waals surface area (Å²) < 4.78 is 2.43. The normalized spacial score (nSPS) is 18.4. The van der Waals surface area contributed by atoms with Crippen LogP contribution >= 0.6 is 11.3 Å². The molecule has 1 aromatic heterocycles. The van der Waals surface area contributed by atoms with Crippen molar-refractivity contribution in [3.8, 4) is 0 Å². The van der Waals surface area contributed by atoms with Crippen LogP contribution in [0.4, 0.5) is 0 Å². The zero-order chi connectivity index (χ0) is 13.6. The summed E-state index contributed by atoms with van der Waals surface area (Å²) in [6, 6.07) is 0. The van der Waals surface area contributed by atoms with Gasteiger partial charge in [-0.25, -0.2) is 0 Å². The minimum Gasteiger partial charge on any atom is -0.315 e. The third-order valence-electron chi connectivity index (χ3n) is 3.33. The highest BCUT2D eigenvalue weighted by atomic mass is 32.1. The predicted octanol–water partition coefficient (Wildman–Crippen LogP) is 3.91. The first-order valence-electron chi connectivity index (χ1n) is 6.91. The van der Waals surface area contributed by atoms with Gasteiger partial charge in [-0.05, 0) is 39.5 Å². The van der Waals surface area contributed by atoms with Crippen LogP contribution in [0.3, 0.4) is 0 Å². The molecule has 0 amide bonds. The molecule has 0 saturated heterocycles. The van der Waals surface area contributed by atoms with Crippen molar-refractivity contribution < 1.29 is 0 Å². The first-order valence-corrected chi connectivity index (χ1v) is 7.79. The van der Waals surface area contributed by atoms with Crippen molar-refractivity contribution in [2.45, 2.75) is 65.3 Å². The van der Waals surface area contributed by atoms with Crippen LogP contribution in [0.2, 0.25) is 0 Å². The summed E-state index contributed by atoms with van der Waals surface area (Å²) in [4.78, 5) is 6.04. The largest absolute Gasteiger partial charge is 0.315 e. The minimum atomic E-state index is 0.102. The van der Waals surface area contributed by atoms with E-state index in [2.05, 4.69) is 51.5 Å². The van der Waals surface area contributed by atoms with Gasteiger partial charge < -0.3 is 4.57 Å². The van der Waals surface area contributed by atoms with Crippen molar-refractivity contribution in [1.29, 1.82) is 0 Å². The summed E-state index contributed by atoms with van der Waals surface area (Å²) in [6.07, 6.45) is 2.74. The first-order chi connectivity index (χ1) is 8.19. The summed E-state index contributed by atoms with van der Waals surface area (Å²) >= 11 is 1.80. The van der Waals surface area contributed by atoms with Gasteiger partial charge in [-0.1, -0.05) is 20.8 Å². The quantitative estimate of drug-likeness (QED) is 0.772. The van der Waals surface area contributed by atoms with Crippen LogP contribution < -0.4 is 4.80 Å². The van der Waals surface area contributed by atoms with Gasteiger partial charge in [-0.2, -0.15) is 0 Å². The molecular weight excluding hydrogens is 240 g/mol. The number of rotatable bonds is 2. The number of hydrogen-bond donors (Lipinski definition) is 0. The molecule has 1 fully saturated rings. The van der Waals surface area contributed by atoms with E-state index in [9.17, 15) is 0 Å². The number of hydrogen-bond acceptors (Lipinski definition) is 2. The maximum atomic E-state index is 4.85. The Morgan fingerprint density at radius 2 is 1.83 bits per heavy atom. The van der Waals surface area contributed by atoms with Gasteiger partial charge in [0, 0.05) is 28.6 Å². The maximum absolute atomic E-state index is 4.85. The van der Waals surface area contributed by atoms with E-state index in [1.54, 1.807) is 11.3 Å². The Bertz CT molecular complexity index is 476. The Labute approximate surface area is 115 Å². The monoisotopic (exact) mass is 266 g/mol. The average molecular weight is 266 g/mol. The van der Waals surface area contributed by atoms with E-state index in [4.69, 9.17) is 4.99 Å². The molecule has 2 nitrogen and oxygen atoms in total. The van der Waals surface area contributed by atoms with Crippen molar-refractivity contribution in [2.75, 3.05) is 6.54 Å². The van der Waals surface area contributed by atoms with E-state index < -0.39 is 0 Å². The SMILES string of the molecule is CC(C)(C)c1csc(=NCC2CC2)n1C(C)(C)C. The molecule has 1 heterocycles. The first kappa shape index (κ1) is 13.9. The van der Waals surface area contributed by atoms with Crippen LogP contribution in [-0.4, -0.2) is 11.1 Å². The van der Waals surface area contributed by atoms with E-state index in [0.29, 0.717) is 0 Å². The molecule has 1 aromatic rings. The summed E-state index contributed by atoms with van der Waals surface area (Å²) in [5, 5.41) is 2.29. The summed E-state index contributed by atoms with van der Waals surface area (Å²) in [7, 11) is 0. The van der Waals surface area contributed by atoms with Gasteiger partial charge in [0.1, 0.15) is 0 Å². The molecule has 0 N–H and O–H groups in total. The Balaban J connectivity index is 2.47. The number of thiazole rings is 1. The molecule has 0 aromatic carbocycles. The van der Waals surface area contributed by atoms with Crippen LogP contribution in [-0.2, 0) is 11.0 Å². The van der Waals surface area contributed by atoms with E-state index >= 15 is 0 Å². The fourth-order valence-electron chi connectivity index (χ4n) is 2.09. The van der Waals surface area contributed by atoms with Crippen molar-refractivity contribution in [3.63, 3.8) is 0 Å². The van der Waals surface area contributed by atoms with Crippen LogP contribution in [0.15, 0.2) is 10.4 Å². The Morgan fingerprint density at radius 3 is 2.28 bits per heavy atom. The maximum Gasteiger partial charge on any atom is 0.185 e. The Hall–Kier alpha value is -0.570. The highest BCUT2D eigenvalue weighted by molar-refractivity contribution is 7.07. The average Bonchev–Trinajstić information content (AvgIpc) is 2.89. The van der Waals surface area contributed by atoms with Gasteiger partial charge in [0.15, 0.2) is 4.80 Å². The van der Waals surface area contributed by atoms with Crippen LogP contribution in [0.1, 0.15) is 60.1 Å². The molecule has 0 atom stereocenters. The molecule has 18 heavy (non-hydrogen) atoms. The zero-order valence-electron chi connectivity index (χ0n) is 12.6. The fraction of sp³-hybridized carbons (Fsp3) is 0.800. The second-order valence-corrected chi connectivity index (χ2v) is 8.28. The van der Waals surface area contributed by atoms with Crippen LogP contribution in [0.25, 0.3) is 0 Å². The minimum absolute atomic E-state index is 0.102. The van der Waals surface area contributed by atoms with Gasteiger partial charge in [-0.15, -0.1) is 11.3 Å². The number of aromatic nitrogens is 1. The molecule has 0 spiro atoms. The molecule has 1 aliphatic rings. The second kappa shape index (κ2) is 4.52. The Morgan fingerprint density at radius 1 is 1.22 bits per heavy atom. The standard InChI is InChI=1S/C15H26N2S/c1-14(2,3)12-10-18-13(16-9-11-7-8-11)17(12)15(4,5)6/h10-11H,7-9H2,1-6H3. The lowest BCUT2D eigenvalue weighted by molar-refractivity contribution is 0.349. The predicted molar refractivity (Wildman–Crippen MR) is 79.2 cm³/mol. The van der Waals surface area contributed by atoms with Crippen molar-refractivity contribution in [2.24, 2.45) is 10.9 Å². The summed E-state index contributed by atoms with van der Waals surface area (Å²) in [5.41, 5.74) is 1.68. The zero-order valence-corrected chi connectivity index (χ0v) is 13.4. The molecule has 0 unspecified atom stereocenters. The van der Waals surface area contributed by atoms with Crippen LogP contribution in [0, 0.1) is 5.92 Å². The van der Waals surface area contributed by atoms with E-state index in [0.717, 1.165) is 12.5 Å². The molecular formula is C15H26N2S. The van der Waals surface area contributed by atoms with Crippen molar-refractivity contribution in [1.82, 2.24) is 4.57 Å². The molecule has 3 heteroatoms. The molecule has 1 aliphatic carbocycles. The van der Waals surface area contributed by atoms with E-state index in [1.165, 1.54) is 23.3 Å². The molecule has 102 valence electrons. The van der Waals surface area contributed by atoms with Crippen LogP contribution in [0.5, 0.6) is 0 Å². The van der Waals surface area contributed by atoms with E-state index in [-0.39, 0.29) is 11.0 Å². The van der Waals surface area contributed by atoms with Gasteiger partial charge >= 0.3 is 0 Å². The van der Waals surface area contributed by atoms with Gasteiger partial charge in [0.2, 0.25) is 0 Å². The van der Waals surface area contributed by atoms with Gasteiger partial charge in [0.05, 0.1) is 0 Å². The van der Waals surface area contributed by atoms with Crippen molar-refractivity contribution in [3.05, 3.63) is 15.9 Å². The van der Waals surface area contributed by atoms with Crippen molar-refractivity contribution >= 4 is 11.3 Å². The molecule has 1 saturated carbocycles. The lowest BCUT2D eigenvalue weighted by atomic mass is 9.91. The summed E-state index contributed by atoms with van der Waals surface area (Å²) in [5.74, 6) is 0.860. The molecule has 0 bridgehead atoms. The highest BCUT2D eigenvalue weighted by Gasteiger charge is 2.26. The fourth-order valence-corrected chi connectivity index (χ4v) is 3.40. The van der Waals surface area contributed by atoms with Gasteiger partial charge in [-0.3, -0.25) is 4.99 Å². The Kier molecular flexibility index (Phi) is 3.48. The second-order valence-electron chi connectivity index (χ2n) is 7.44. The van der Waals surface area contributed by atoms with E-state index in [1.807, 2.05) is 0 Å². The highest BCUT2D eigenvalue weighted by Crippen LogP contribution is 2.30. The van der Waals surface area contributed by atoms with Gasteiger partial charge in [0.25, 0.3) is 0 Å². The molecule has 0 radical (unpaired) electrons. The summed E-state index contributed by atoms with van der Waals surface area (Å²) in [6.45, 7) is 14.7. The third-order valence-corrected chi connectivity index (χ3v) is 4.19. The molecule has 2 rings (SSSR count). The lowest BCUT2D eigenvalue weighted by Gasteiger charge is -2.29. The topological polar surface area (TPSA) is 17.3 Å².